The van der Waals surface area contributed by atoms with Crippen molar-refractivity contribution >= 4 is 27.7 Å². The number of carbonyl (C=O) groups is 1. The van der Waals surface area contributed by atoms with Crippen LogP contribution in [-0.4, -0.2) is 51.5 Å². The maximum absolute atomic E-state index is 13.3. The van der Waals surface area contributed by atoms with Gasteiger partial charge >= 0.3 is 6.03 Å². The van der Waals surface area contributed by atoms with Crippen molar-refractivity contribution in [3.63, 3.8) is 0 Å². The molecule has 0 spiro atoms. The quantitative estimate of drug-likeness (QED) is 0.690. The van der Waals surface area contributed by atoms with Gasteiger partial charge in [-0.05, 0) is 54.3 Å². The third kappa shape index (κ3) is 3.97. The van der Waals surface area contributed by atoms with Crippen LogP contribution in [0.25, 0.3) is 0 Å². The molecule has 32 heavy (non-hydrogen) atoms. The second-order valence-corrected chi connectivity index (χ2v) is 9.60. The van der Waals surface area contributed by atoms with Crippen molar-refractivity contribution in [2.45, 2.75) is 30.7 Å². The van der Waals surface area contributed by atoms with Crippen molar-refractivity contribution in [2.75, 3.05) is 31.6 Å². The number of sulfonamides is 1. The molecule has 0 saturated carbocycles. The van der Waals surface area contributed by atoms with Crippen molar-refractivity contribution < 1.29 is 17.9 Å². The molecule has 0 bridgehead atoms. The van der Waals surface area contributed by atoms with E-state index in [0.29, 0.717) is 25.3 Å². The molecule has 1 atom stereocenters. The maximum Gasteiger partial charge on any atom is 0.321 e. The molecule has 1 unspecified atom stereocenters. The van der Waals surface area contributed by atoms with Gasteiger partial charge in [0.2, 0.25) is 5.96 Å². The van der Waals surface area contributed by atoms with Gasteiger partial charge in [0.05, 0.1) is 24.6 Å². The smallest absolute Gasteiger partial charge is 0.321 e. The number of methoxy groups -OCH3 is 1. The Morgan fingerprint density at radius 2 is 2.00 bits per heavy atom. The fraction of sp³-hybridized carbons (Fsp3) is 0.364. The minimum atomic E-state index is -3.88. The molecule has 170 valence electrons. The third-order valence-corrected chi connectivity index (χ3v) is 7.45. The number of hydrogen-bond donors (Lipinski definition) is 2. The molecule has 0 aromatic heterocycles. The first-order valence-electron chi connectivity index (χ1n) is 10.5. The molecule has 2 heterocycles. The molecule has 2 aliphatic heterocycles. The Morgan fingerprint density at radius 1 is 1.25 bits per heavy atom. The van der Waals surface area contributed by atoms with Crippen molar-refractivity contribution in [1.29, 1.82) is 0 Å². The highest BCUT2D eigenvalue weighted by molar-refractivity contribution is 7.89. The molecule has 0 aliphatic carbocycles. The summed E-state index contributed by atoms with van der Waals surface area (Å²) in [7, 11) is -2.30. The standard InChI is InChI=1S/C22H27N5O4S/c1-3-11-24-22(28)26-12-10-16-13-18(8-9-20(16)26)32(29,30)27-14-19(25-21(27)23)15-4-6-17(31-2)7-5-15/h4-9,13,19H,3,10-12,14H2,1-2H3,(H2,23,25)(H,24,28). The number of amides is 2. The van der Waals surface area contributed by atoms with Gasteiger partial charge in [0.1, 0.15) is 5.75 Å². The topological polar surface area (TPSA) is 117 Å². The highest BCUT2D eigenvalue weighted by Crippen LogP contribution is 2.33. The summed E-state index contributed by atoms with van der Waals surface area (Å²) in [6.45, 7) is 3.23. The predicted octanol–water partition coefficient (Wildman–Crippen LogP) is 2.24. The summed E-state index contributed by atoms with van der Waals surface area (Å²) in [4.78, 5) is 18.5. The molecular formula is C22H27N5O4S. The number of urea groups is 1. The normalized spacial score (nSPS) is 17.8. The zero-order valence-corrected chi connectivity index (χ0v) is 18.9. The first kappa shape index (κ1) is 21.9. The molecule has 9 nitrogen and oxygen atoms in total. The minimum Gasteiger partial charge on any atom is -0.497 e. The lowest BCUT2D eigenvalue weighted by Crippen LogP contribution is -2.39. The lowest BCUT2D eigenvalue weighted by atomic mass is 10.1. The molecule has 2 aromatic carbocycles. The van der Waals surface area contributed by atoms with E-state index in [2.05, 4.69) is 10.3 Å². The Hall–Kier alpha value is -3.27. The highest BCUT2D eigenvalue weighted by atomic mass is 32.2. The molecule has 0 saturated heterocycles. The van der Waals surface area contributed by atoms with Crippen molar-refractivity contribution in [3.05, 3.63) is 53.6 Å². The van der Waals surface area contributed by atoms with E-state index in [0.717, 1.165) is 27.5 Å². The fourth-order valence-electron chi connectivity index (χ4n) is 3.95. The van der Waals surface area contributed by atoms with Crippen LogP contribution in [0.2, 0.25) is 0 Å². The van der Waals surface area contributed by atoms with Crippen LogP contribution in [0.15, 0.2) is 52.4 Å². The molecule has 0 fully saturated rings. The SMILES string of the molecule is CCCNC(=O)N1CCc2cc(S(=O)(=O)N3CC(c4ccc(OC)cc4)N=C3N)ccc21. The van der Waals surface area contributed by atoms with Crippen LogP contribution in [0.1, 0.15) is 30.5 Å². The number of carbonyl (C=O) groups excluding carboxylic acids is 1. The summed E-state index contributed by atoms with van der Waals surface area (Å²) in [6.07, 6.45) is 1.44. The summed E-state index contributed by atoms with van der Waals surface area (Å²) >= 11 is 0. The van der Waals surface area contributed by atoms with E-state index in [1.807, 2.05) is 19.1 Å². The molecule has 10 heteroatoms. The molecular weight excluding hydrogens is 430 g/mol. The highest BCUT2D eigenvalue weighted by Gasteiger charge is 2.35. The largest absolute Gasteiger partial charge is 0.497 e. The van der Waals surface area contributed by atoms with Gasteiger partial charge in [-0.25, -0.2) is 22.5 Å². The lowest BCUT2D eigenvalue weighted by molar-refractivity contribution is 0.247. The van der Waals surface area contributed by atoms with Gasteiger partial charge in [0, 0.05) is 18.8 Å². The Labute approximate surface area is 187 Å². The lowest BCUT2D eigenvalue weighted by Gasteiger charge is -2.20. The minimum absolute atomic E-state index is 0.0353. The number of benzene rings is 2. The number of nitrogens with two attached hydrogens (primary N) is 1. The number of ether oxygens (including phenoxy) is 1. The number of nitrogens with zero attached hydrogens (tertiary/aromatic N) is 3. The van der Waals surface area contributed by atoms with E-state index in [1.165, 1.54) is 6.07 Å². The number of aliphatic imine (C=N–C) groups is 1. The molecule has 3 N–H and O–H groups in total. The summed E-state index contributed by atoms with van der Waals surface area (Å²) < 4.78 is 33.0. The molecule has 4 rings (SSSR count). The van der Waals surface area contributed by atoms with E-state index >= 15 is 0 Å². The van der Waals surface area contributed by atoms with Gasteiger partial charge in [-0.15, -0.1) is 0 Å². The van der Waals surface area contributed by atoms with Crippen LogP contribution in [0, 0.1) is 0 Å². The molecule has 2 aromatic rings. The fourth-order valence-corrected chi connectivity index (χ4v) is 5.36. The Kier molecular flexibility index (Phi) is 5.96. The summed E-state index contributed by atoms with van der Waals surface area (Å²) in [5, 5.41) is 2.86. The van der Waals surface area contributed by atoms with Gasteiger partial charge in [0.25, 0.3) is 10.0 Å². The summed E-state index contributed by atoms with van der Waals surface area (Å²) in [6, 6.07) is 11.6. The monoisotopic (exact) mass is 457 g/mol. The number of anilines is 1. The Balaban J connectivity index is 1.54. The van der Waals surface area contributed by atoms with Crippen LogP contribution in [0.3, 0.4) is 0 Å². The van der Waals surface area contributed by atoms with Gasteiger partial charge in [-0.1, -0.05) is 19.1 Å². The zero-order valence-electron chi connectivity index (χ0n) is 18.1. The van der Waals surface area contributed by atoms with Gasteiger partial charge in [0.15, 0.2) is 0 Å². The average Bonchev–Trinajstić information content (AvgIpc) is 3.41. The Morgan fingerprint density at radius 3 is 2.69 bits per heavy atom. The van der Waals surface area contributed by atoms with Gasteiger partial charge in [-0.3, -0.25) is 4.90 Å². The maximum atomic E-state index is 13.3. The zero-order chi connectivity index (χ0) is 22.9. The van der Waals surface area contributed by atoms with Crippen molar-refractivity contribution in [2.24, 2.45) is 10.7 Å². The van der Waals surface area contributed by atoms with E-state index in [1.54, 1.807) is 36.3 Å². The van der Waals surface area contributed by atoms with Gasteiger partial charge in [-0.2, -0.15) is 0 Å². The summed E-state index contributed by atoms with van der Waals surface area (Å²) in [5.74, 6) is 0.677. The van der Waals surface area contributed by atoms with E-state index in [9.17, 15) is 13.2 Å². The first-order valence-corrected chi connectivity index (χ1v) is 12.0. The van der Waals surface area contributed by atoms with Crippen LogP contribution in [0.5, 0.6) is 5.75 Å². The van der Waals surface area contributed by atoms with Crippen LogP contribution >= 0.6 is 0 Å². The number of fused-ring (bicyclic) bond motifs is 1. The number of guanidine groups is 1. The van der Waals surface area contributed by atoms with Crippen LogP contribution in [0.4, 0.5) is 10.5 Å². The third-order valence-electron chi connectivity index (χ3n) is 5.69. The Bertz CT molecular complexity index is 1150. The van der Waals surface area contributed by atoms with Gasteiger partial charge < -0.3 is 15.8 Å². The van der Waals surface area contributed by atoms with Crippen LogP contribution < -0.4 is 20.7 Å². The second-order valence-electron chi connectivity index (χ2n) is 7.74. The molecule has 2 amide bonds. The average molecular weight is 458 g/mol. The number of hydrogen-bond acceptors (Lipinski definition) is 6. The molecule has 0 radical (unpaired) electrons. The van der Waals surface area contributed by atoms with E-state index < -0.39 is 10.0 Å². The van der Waals surface area contributed by atoms with Crippen molar-refractivity contribution in [3.8, 4) is 5.75 Å². The van der Waals surface area contributed by atoms with E-state index in [-0.39, 0.29) is 29.5 Å². The van der Waals surface area contributed by atoms with E-state index in [4.69, 9.17) is 10.5 Å². The van der Waals surface area contributed by atoms with Crippen molar-refractivity contribution in [1.82, 2.24) is 9.62 Å². The first-order chi connectivity index (χ1) is 15.3. The van der Waals surface area contributed by atoms with Crippen LogP contribution in [-0.2, 0) is 16.4 Å². The second kappa shape index (κ2) is 8.70. The summed E-state index contributed by atoms with van der Waals surface area (Å²) in [5.41, 5.74) is 8.43. The number of nitrogens with one attached hydrogen (secondary N) is 1. The number of rotatable bonds is 6. The molecule has 2 aliphatic rings. The predicted molar refractivity (Wildman–Crippen MR) is 122 cm³/mol.